The van der Waals surface area contributed by atoms with Gasteiger partial charge in [0.1, 0.15) is 11.9 Å². The van der Waals surface area contributed by atoms with E-state index in [2.05, 4.69) is 12.1 Å². The number of ether oxygens (including phenoxy) is 2. The molecule has 29 heavy (non-hydrogen) atoms. The van der Waals surface area contributed by atoms with Gasteiger partial charge in [-0.3, -0.25) is 0 Å². The normalized spacial score (nSPS) is 20.6. The molecule has 0 amide bonds. The second-order valence-corrected chi connectivity index (χ2v) is 7.74. The number of aryl methyl sites for hydroxylation is 1. The minimum Gasteiger partial charge on any atom is -0.490 e. The number of anilines is 1. The number of fused-ring (bicyclic) bond motifs is 1. The molecular formula is C23H24F2N2O2. The van der Waals surface area contributed by atoms with E-state index in [1.54, 1.807) is 13.2 Å². The molecule has 1 aliphatic heterocycles. The Morgan fingerprint density at radius 2 is 1.97 bits per heavy atom. The van der Waals surface area contributed by atoms with Gasteiger partial charge in [0.25, 0.3) is 0 Å². The summed E-state index contributed by atoms with van der Waals surface area (Å²) in [5.74, 6) is -1.37. The minimum atomic E-state index is -0.891. The highest BCUT2D eigenvalue weighted by atomic mass is 19.2. The van der Waals surface area contributed by atoms with Crippen LogP contribution in [-0.2, 0) is 24.1 Å². The molecule has 6 heteroatoms. The Balaban J connectivity index is 1.50. The fourth-order valence-corrected chi connectivity index (χ4v) is 4.01. The lowest BCUT2D eigenvalue weighted by atomic mass is 9.92. The van der Waals surface area contributed by atoms with Crippen molar-refractivity contribution in [2.75, 3.05) is 18.6 Å². The van der Waals surface area contributed by atoms with E-state index in [-0.39, 0.29) is 17.9 Å². The number of benzene rings is 2. The second kappa shape index (κ2) is 8.38. The van der Waals surface area contributed by atoms with E-state index >= 15 is 0 Å². The van der Waals surface area contributed by atoms with Crippen molar-refractivity contribution in [1.29, 1.82) is 5.26 Å². The van der Waals surface area contributed by atoms with Crippen molar-refractivity contribution in [3.63, 3.8) is 0 Å². The quantitative estimate of drug-likeness (QED) is 0.717. The first kappa shape index (κ1) is 19.7. The van der Waals surface area contributed by atoms with E-state index in [1.165, 1.54) is 5.56 Å². The molecule has 1 aliphatic carbocycles. The summed E-state index contributed by atoms with van der Waals surface area (Å²) in [4.78, 5) is 1.86. The Labute approximate surface area is 169 Å². The summed E-state index contributed by atoms with van der Waals surface area (Å²) in [6.45, 7) is 1.12. The van der Waals surface area contributed by atoms with Gasteiger partial charge >= 0.3 is 0 Å². The summed E-state index contributed by atoms with van der Waals surface area (Å²) in [7, 11) is 1.66. The molecule has 0 saturated heterocycles. The lowest BCUT2D eigenvalue weighted by Gasteiger charge is -2.35. The number of halogens is 2. The van der Waals surface area contributed by atoms with Crippen molar-refractivity contribution in [3.05, 3.63) is 58.7 Å². The third-order valence-electron chi connectivity index (χ3n) is 5.82. The lowest BCUT2D eigenvalue weighted by molar-refractivity contribution is -0.0382. The van der Waals surface area contributed by atoms with Crippen molar-refractivity contribution in [1.82, 2.24) is 0 Å². The van der Waals surface area contributed by atoms with E-state index in [0.717, 1.165) is 42.9 Å². The van der Waals surface area contributed by atoms with Gasteiger partial charge in [-0.15, -0.1) is 0 Å². The van der Waals surface area contributed by atoms with Crippen LogP contribution in [0.1, 0.15) is 36.0 Å². The Morgan fingerprint density at radius 3 is 2.72 bits per heavy atom. The third kappa shape index (κ3) is 4.20. The summed E-state index contributed by atoms with van der Waals surface area (Å²) < 4.78 is 39.9. The van der Waals surface area contributed by atoms with E-state index in [1.807, 2.05) is 17.0 Å². The van der Waals surface area contributed by atoms with Crippen LogP contribution in [0.4, 0.5) is 14.5 Å². The molecule has 0 spiro atoms. The van der Waals surface area contributed by atoms with Crippen LogP contribution < -0.4 is 9.64 Å². The van der Waals surface area contributed by atoms with Crippen molar-refractivity contribution in [3.8, 4) is 11.8 Å². The summed E-state index contributed by atoms with van der Waals surface area (Å²) in [5, 5.41) is 8.76. The highest BCUT2D eigenvalue weighted by Crippen LogP contribution is 2.34. The van der Waals surface area contributed by atoms with Gasteiger partial charge in [-0.05, 0) is 29.5 Å². The minimum absolute atomic E-state index is 0.0217. The van der Waals surface area contributed by atoms with Gasteiger partial charge in [-0.1, -0.05) is 18.2 Å². The molecule has 2 aromatic carbocycles. The summed E-state index contributed by atoms with van der Waals surface area (Å²) in [6, 6.07) is 11.1. The Hall–Kier alpha value is -2.65. The van der Waals surface area contributed by atoms with Crippen LogP contribution in [0, 0.1) is 23.0 Å². The molecule has 4 nitrogen and oxygen atoms in total. The standard InChI is InChI=1S/C23H24F2N2O2/c1-28-18-10-19(11-18)29-20-12-21(24)23(25)22(13-20)27-8-6-16-9-15(3-2-7-26)4-5-17(16)14-27/h4-5,9,12-13,18-19H,2-3,6,8,10-11,14H2,1H3. The van der Waals surface area contributed by atoms with Crippen LogP contribution in [0.3, 0.4) is 0 Å². The molecule has 0 aromatic heterocycles. The SMILES string of the molecule is COC1CC(Oc2cc(F)c(F)c(N3CCc4cc(CCC#N)ccc4C3)c2)C1. The molecule has 0 radical (unpaired) electrons. The van der Waals surface area contributed by atoms with Crippen LogP contribution in [0.2, 0.25) is 0 Å². The first-order chi connectivity index (χ1) is 14.1. The largest absolute Gasteiger partial charge is 0.490 e. The molecule has 2 aromatic rings. The first-order valence-corrected chi connectivity index (χ1v) is 9.98. The summed E-state index contributed by atoms with van der Waals surface area (Å²) >= 11 is 0. The van der Waals surface area contributed by atoms with Crippen LogP contribution in [0.15, 0.2) is 30.3 Å². The van der Waals surface area contributed by atoms with E-state index in [9.17, 15) is 8.78 Å². The van der Waals surface area contributed by atoms with E-state index < -0.39 is 11.6 Å². The van der Waals surface area contributed by atoms with Gasteiger partial charge in [0.05, 0.1) is 17.9 Å². The van der Waals surface area contributed by atoms with Gasteiger partial charge in [0.15, 0.2) is 11.6 Å². The molecule has 2 aliphatic rings. The summed E-state index contributed by atoms with van der Waals surface area (Å²) in [5.41, 5.74) is 3.69. The zero-order chi connectivity index (χ0) is 20.4. The van der Waals surface area contributed by atoms with Crippen molar-refractivity contribution in [2.45, 2.75) is 50.9 Å². The number of hydrogen-bond donors (Lipinski definition) is 0. The van der Waals surface area contributed by atoms with Crippen molar-refractivity contribution in [2.24, 2.45) is 0 Å². The monoisotopic (exact) mass is 398 g/mol. The van der Waals surface area contributed by atoms with E-state index in [4.69, 9.17) is 14.7 Å². The fraction of sp³-hybridized carbons (Fsp3) is 0.435. The zero-order valence-corrected chi connectivity index (χ0v) is 16.5. The van der Waals surface area contributed by atoms with Gasteiger partial charge in [0.2, 0.25) is 0 Å². The molecule has 0 atom stereocenters. The second-order valence-electron chi connectivity index (χ2n) is 7.74. The Kier molecular flexibility index (Phi) is 5.68. The predicted octanol–water partition coefficient (Wildman–Crippen LogP) is 4.54. The molecule has 1 fully saturated rings. The third-order valence-corrected chi connectivity index (χ3v) is 5.82. The molecule has 1 heterocycles. The maximum Gasteiger partial charge on any atom is 0.182 e. The number of nitriles is 1. The van der Waals surface area contributed by atoms with Crippen LogP contribution in [0.5, 0.6) is 5.75 Å². The smallest absolute Gasteiger partial charge is 0.182 e. The number of hydrogen-bond acceptors (Lipinski definition) is 4. The van der Waals surface area contributed by atoms with Crippen molar-refractivity contribution >= 4 is 5.69 Å². The van der Waals surface area contributed by atoms with Gasteiger partial charge in [0, 0.05) is 51.6 Å². The van der Waals surface area contributed by atoms with E-state index in [0.29, 0.717) is 25.3 Å². The molecule has 0 N–H and O–H groups in total. The Bertz CT molecular complexity index is 935. The molecule has 1 saturated carbocycles. The number of nitrogens with zero attached hydrogens (tertiary/aromatic N) is 2. The molecule has 152 valence electrons. The molecule has 0 bridgehead atoms. The average molecular weight is 398 g/mol. The highest BCUT2D eigenvalue weighted by molar-refractivity contribution is 5.55. The predicted molar refractivity (Wildman–Crippen MR) is 106 cm³/mol. The van der Waals surface area contributed by atoms with Crippen LogP contribution in [-0.4, -0.2) is 25.9 Å². The van der Waals surface area contributed by atoms with Gasteiger partial charge in [-0.25, -0.2) is 8.78 Å². The molecule has 0 unspecified atom stereocenters. The first-order valence-electron chi connectivity index (χ1n) is 9.98. The Morgan fingerprint density at radius 1 is 1.14 bits per heavy atom. The number of rotatable bonds is 6. The summed E-state index contributed by atoms with van der Waals surface area (Å²) in [6.07, 6.45) is 3.66. The maximum absolute atomic E-state index is 14.6. The average Bonchev–Trinajstić information content (AvgIpc) is 2.70. The lowest BCUT2D eigenvalue weighted by Crippen LogP contribution is -2.39. The molecule has 4 rings (SSSR count). The highest BCUT2D eigenvalue weighted by Gasteiger charge is 2.31. The maximum atomic E-state index is 14.6. The number of methoxy groups -OCH3 is 1. The van der Waals surface area contributed by atoms with Gasteiger partial charge < -0.3 is 14.4 Å². The topological polar surface area (TPSA) is 45.5 Å². The molecular weight excluding hydrogens is 374 g/mol. The van der Waals surface area contributed by atoms with Crippen LogP contribution in [0.25, 0.3) is 0 Å². The fourth-order valence-electron chi connectivity index (χ4n) is 4.01. The van der Waals surface area contributed by atoms with Gasteiger partial charge in [-0.2, -0.15) is 5.26 Å². The van der Waals surface area contributed by atoms with Crippen molar-refractivity contribution < 1.29 is 18.3 Å². The zero-order valence-electron chi connectivity index (χ0n) is 16.5. The van der Waals surface area contributed by atoms with Crippen LogP contribution >= 0.6 is 0 Å².